The SMILES string of the molecule is O=C(ON1C(=O)c2ccccc2C1=O)c1cc(C(F)(F)F)ccc1OCc1ccccc1. The Morgan fingerprint density at radius 2 is 1.44 bits per heavy atom. The summed E-state index contributed by atoms with van der Waals surface area (Å²) in [4.78, 5) is 42.5. The van der Waals surface area contributed by atoms with Gasteiger partial charge in [-0.15, -0.1) is 0 Å². The third-order valence-corrected chi connectivity index (χ3v) is 4.69. The van der Waals surface area contributed by atoms with Crippen molar-refractivity contribution in [3.8, 4) is 5.75 Å². The molecule has 0 radical (unpaired) electrons. The lowest BCUT2D eigenvalue weighted by Crippen LogP contribution is -2.33. The molecular weight excluding hydrogens is 427 g/mol. The first-order valence-electron chi connectivity index (χ1n) is 9.34. The molecule has 0 unspecified atom stereocenters. The Hall–Kier alpha value is -4.14. The number of rotatable bonds is 5. The molecule has 9 heteroatoms. The van der Waals surface area contributed by atoms with Crippen LogP contribution in [-0.4, -0.2) is 22.8 Å². The summed E-state index contributed by atoms with van der Waals surface area (Å²) in [7, 11) is 0. The monoisotopic (exact) mass is 441 g/mol. The van der Waals surface area contributed by atoms with Crippen LogP contribution in [0.15, 0.2) is 72.8 Å². The topological polar surface area (TPSA) is 72.9 Å². The van der Waals surface area contributed by atoms with Crippen LogP contribution in [0.5, 0.6) is 5.75 Å². The number of alkyl halides is 3. The van der Waals surface area contributed by atoms with E-state index in [4.69, 9.17) is 9.57 Å². The van der Waals surface area contributed by atoms with Crippen LogP contribution in [0.4, 0.5) is 13.2 Å². The number of hydrogen-bond donors (Lipinski definition) is 0. The number of nitrogens with zero attached hydrogens (tertiary/aromatic N) is 1. The molecule has 0 aromatic heterocycles. The minimum Gasteiger partial charge on any atom is -0.488 e. The molecule has 0 fully saturated rings. The fraction of sp³-hybridized carbons (Fsp3) is 0.0870. The number of halogens is 3. The first kappa shape index (κ1) is 21.1. The van der Waals surface area contributed by atoms with E-state index in [2.05, 4.69) is 0 Å². The van der Waals surface area contributed by atoms with Gasteiger partial charge in [-0.2, -0.15) is 13.2 Å². The summed E-state index contributed by atoms with van der Waals surface area (Å²) < 4.78 is 45.2. The van der Waals surface area contributed by atoms with Crippen LogP contribution in [0, 0.1) is 0 Å². The normalized spacial score (nSPS) is 13.2. The van der Waals surface area contributed by atoms with Crippen molar-refractivity contribution in [2.75, 3.05) is 0 Å². The first-order valence-corrected chi connectivity index (χ1v) is 9.34. The Morgan fingerprint density at radius 1 is 0.844 bits per heavy atom. The van der Waals surface area contributed by atoms with E-state index in [1.807, 2.05) is 0 Å². The molecule has 4 rings (SSSR count). The van der Waals surface area contributed by atoms with Crippen LogP contribution >= 0.6 is 0 Å². The molecule has 6 nitrogen and oxygen atoms in total. The van der Waals surface area contributed by atoms with Gasteiger partial charge in [0.2, 0.25) is 0 Å². The van der Waals surface area contributed by atoms with E-state index in [-0.39, 0.29) is 28.5 Å². The summed E-state index contributed by atoms with van der Waals surface area (Å²) in [6, 6.07) is 16.9. The average molecular weight is 441 g/mol. The minimum atomic E-state index is -4.73. The smallest absolute Gasteiger partial charge is 0.416 e. The molecule has 0 saturated heterocycles. The number of carbonyl (C=O) groups excluding carboxylic acids is 3. The zero-order valence-electron chi connectivity index (χ0n) is 16.3. The quantitative estimate of drug-likeness (QED) is 0.539. The molecule has 162 valence electrons. The molecule has 0 bridgehead atoms. The number of hydrogen-bond acceptors (Lipinski definition) is 5. The number of amides is 2. The maximum absolute atomic E-state index is 13.2. The van der Waals surface area contributed by atoms with E-state index in [0.717, 1.165) is 12.1 Å². The fourth-order valence-corrected chi connectivity index (χ4v) is 3.11. The van der Waals surface area contributed by atoms with E-state index in [0.29, 0.717) is 11.6 Å². The van der Waals surface area contributed by atoms with Gasteiger partial charge in [0.25, 0.3) is 11.8 Å². The number of ether oxygens (including phenoxy) is 1. The largest absolute Gasteiger partial charge is 0.488 e. The van der Waals surface area contributed by atoms with Crippen LogP contribution < -0.4 is 4.74 Å². The Bertz CT molecular complexity index is 1170. The Labute approximate surface area is 179 Å². The summed E-state index contributed by atoms with van der Waals surface area (Å²) in [6.45, 7) is -0.0283. The second-order valence-corrected chi connectivity index (χ2v) is 6.81. The molecule has 3 aromatic carbocycles. The van der Waals surface area contributed by atoms with Crippen molar-refractivity contribution in [1.29, 1.82) is 0 Å². The molecule has 0 saturated carbocycles. The standard InChI is InChI=1S/C23H14F3NO5/c24-23(25,26)15-10-11-19(31-13-14-6-2-1-3-7-14)18(12-15)22(30)32-27-20(28)16-8-4-5-9-17(16)21(27)29/h1-12H,13H2. The highest BCUT2D eigenvalue weighted by Gasteiger charge is 2.40. The third-order valence-electron chi connectivity index (χ3n) is 4.69. The third kappa shape index (κ3) is 4.04. The van der Waals surface area contributed by atoms with Gasteiger partial charge in [0.1, 0.15) is 17.9 Å². The van der Waals surface area contributed by atoms with Crippen molar-refractivity contribution in [3.63, 3.8) is 0 Å². The van der Waals surface area contributed by atoms with Crippen LogP contribution in [0.1, 0.15) is 42.2 Å². The molecule has 0 aliphatic carbocycles. The first-order chi connectivity index (χ1) is 15.3. The summed E-state index contributed by atoms with van der Waals surface area (Å²) in [6.07, 6.45) is -4.73. The van der Waals surface area contributed by atoms with Gasteiger partial charge in [-0.1, -0.05) is 47.5 Å². The Balaban J connectivity index is 1.62. The zero-order chi connectivity index (χ0) is 22.9. The second kappa shape index (κ2) is 8.18. The Kier molecular flexibility index (Phi) is 5.40. The Morgan fingerprint density at radius 3 is 2.03 bits per heavy atom. The maximum Gasteiger partial charge on any atom is 0.416 e. The number of hydroxylamine groups is 2. The molecule has 0 spiro atoms. The number of fused-ring (bicyclic) bond motifs is 1. The van der Waals surface area contributed by atoms with E-state index >= 15 is 0 Å². The highest BCUT2D eigenvalue weighted by atomic mass is 19.4. The summed E-state index contributed by atoms with van der Waals surface area (Å²) in [5, 5.41) is 0.230. The summed E-state index contributed by atoms with van der Waals surface area (Å²) in [5.74, 6) is -3.31. The number of imide groups is 1. The van der Waals surface area contributed by atoms with Gasteiger partial charge >= 0.3 is 12.1 Å². The van der Waals surface area contributed by atoms with Crippen LogP contribution in [-0.2, 0) is 17.6 Å². The zero-order valence-corrected chi connectivity index (χ0v) is 16.3. The molecule has 32 heavy (non-hydrogen) atoms. The fourth-order valence-electron chi connectivity index (χ4n) is 3.11. The van der Waals surface area contributed by atoms with E-state index in [1.54, 1.807) is 30.3 Å². The van der Waals surface area contributed by atoms with Gasteiger partial charge in [-0.3, -0.25) is 9.59 Å². The molecule has 3 aromatic rings. The van der Waals surface area contributed by atoms with Crippen LogP contribution in [0.2, 0.25) is 0 Å². The molecule has 1 aliphatic rings. The predicted molar refractivity (Wildman–Crippen MR) is 105 cm³/mol. The lowest BCUT2D eigenvalue weighted by atomic mass is 10.1. The predicted octanol–water partition coefficient (Wildman–Crippen LogP) is 4.65. The van der Waals surface area contributed by atoms with Gasteiger partial charge in [0, 0.05) is 0 Å². The van der Waals surface area contributed by atoms with E-state index < -0.39 is 35.1 Å². The molecule has 0 N–H and O–H groups in total. The average Bonchev–Trinajstić information content (AvgIpc) is 3.02. The number of benzene rings is 3. The molecular formula is C23H14F3NO5. The van der Waals surface area contributed by atoms with Crippen molar-refractivity contribution in [2.24, 2.45) is 0 Å². The van der Waals surface area contributed by atoms with E-state index in [1.165, 1.54) is 24.3 Å². The van der Waals surface area contributed by atoms with Gasteiger partial charge in [0.05, 0.1) is 16.7 Å². The van der Waals surface area contributed by atoms with Crippen LogP contribution in [0.25, 0.3) is 0 Å². The van der Waals surface area contributed by atoms with Gasteiger partial charge in [0.15, 0.2) is 0 Å². The highest BCUT2D eigenvalue weighted by Crippen LogP contribution is 2.34. The molecule has 2 amide bonds. The second-order valence-electron chi connectivity index (χ2n) is 6.81. The lowest BCUT2D eigenvalue weighted by molar-refractivity contribution is -0.137. The summed E-state index contributed by atoms with van der Waals surface area (Å²) in [5.41, 5.74) is -0.928. The number of carbonyl (C=O) groups is 3. The lowest BCUT2D eigenvalue weighted by Gasteiger charge is -2.16. The molecule has 1 aliphatic heterocycles. The molecule has 0 atom stereocenters. The minimum absolute atomic E-state index is 0.0230. The van der Waals surface area contributed by atoms with Crippen molar-refractivity contribution in [1.82, 2.24) is 5.06 Å². The van der Waals surface area contributed by atoms with Crippen molar-refractivity contribution >= 4 is 17.8 Å². The van der Waals surface area contributed by atoms with Crippen molar-refractivity contribution < 1.29 is 37.1 Å². The van der Waals surface area contributed by atoms with Gasteiger partial charge < -0.3 is 9.57 Å². The highest BCUT2D eigenvalue weighted by molar-refractivity contribution is 6.21. The van der Waals surface area contributed by atoms with Gasteiger partial charge in [-0.05, 0) is 35.9 Å². The maximum atomic E-state index is 13.2. The van der Waals surface area contributed by atoms with Crippen LogP contribution in [0.3, 0.4) is 0 Å². The van der Waals surface area contributed by atoms with Crippen molar-refractivity contribution in [3.05, 3.63) is 101 Å². The van der Waals surface area contributed by atoms with Crippen molar-refractivity contribution in [2.45, 2.75) is 12.8 Å². The van der Waals surface area contributed by atoms with Gasteiger partial charge in [-0.25, -0.2) is 4.79 Å². The molecule has 1 heterocycles. The van der Waals surface area contributed by atoms with E-state index in [9.17, 15) is 27.6 Å². The summed E-state index contributed by atoms with van der Waals surface area (Å²) >= 11 is 0.